The van der Waals surface area contributed by atoms with Gasteiger partial charge in [-0.25, -0.2) is 14.4 Å². The Morgan fingerprint density at radius 2 is 1.56 bits per heavy atom. The van der Waals surface area contributed by atoms with Crippen molar-refractivity contribution in [2.24, 2.45) is 5.92 Å². The number of aromatic nitrogens is 2. The maximum atomic E-state index is 14.1. The van der Waals surface area contributed by atoms with Crippen molar-refractivity contribution >= 4 is 11.8 Å². The van der Waals surface area contributed by atoms with Gasteiger partial charge in [0, 0.05) is 49.9 Å². The molecule has 6 nitrogen and oxygen atoms in total. The maximum absolute atomic E-state index is 14.1. The largest absolute Gasteiger partial charge is 0.416 e. The minimum atomic E-state index is -5.02. The molecule has 2 aromatic carbocycles. The molecule has 228 valence electrons. The number of hydrogen-bond acceptors (Lipinski definition) is 4. The third-order valence-corrected chi connectivity index (χ3v) is 7.93. The first-order chi connectivity index (χ1) is 20.2. The topological polar surface area (TPSA) is 66.4 Å². The highest BCUT2D eigenvalue weighted by atomic mass is 19.4. The van der Waals surface area contributed by atoms with Crippen LogP contribution in [-0.4, -0.2) is 50.7 Å². The summed E-state index contributed by atoms with van der Waals surface area (Å²) in [6.45, 7) is 1.48. The van der Waals surface area contributed by atoms with Gasteiger partial charge in [-0.05, 0) is 73.2 Å². The van der Waals surface area contributed by atoms with Gasteiger partial charge in [-0.1, -0.05) is 6.07 Å². The summed E-state index contributed by atoms with van der Waals surface area (Å²) in [6.07, 6.45) is -4.73. The molecule has 2 unspecified atom stereocenters. The second-order valence-electron chi connectivity index (χ2n) is 11.0. The molecule has 2 atom stereocenters. The van der Waals surface area contributed by atoms with E-state index in [1.54, 1.807) is 17.9 Å². The summed E-state index contributed by atoms with van der Waals surface area (Å²) in [5.74, 6) is -2.65. The molecule has 2 amide bonds. The zero-order valence-electron chi connectivity index (χ0n) is 22.9. The minimum Gasteiger partial charge on any atom is -0.338 e. The Morgan fingerprint density at radius 1 is 0.930 bits per heavy atom. The number of likely N-dealkylation sites (tertiary alicyclic amines) is 1. The van der Waals surface area contributed by atoms with Crippen molar-refractivity contribution < 1.29 is 40.3 Å². The molecule has 1 saturated heterocycles. The Kier molecular flexibility index (Phi) is 8.19. The minimum absolute atomic E-state index is 0.0602. The first-order valence-corrected chi connectivity index (χ1v) is 13.6. The standard InChI is InChI=1S/C30H27F7N4O2/c1-17-8-22(31)2-5-24(17)26-15-40(27(42)19-12-38-16-39-13-19)7-6-25(26)28(43)41(23-3-4-23)14-18-9-20(29(32,33)34)11-21(10-18)30(35,36)37/h2,5,8-13,16,23,25-26H,3-4,6-7,14-15H2,1H3. The molecule has 13 heteroatoms. The van der Waals surface area contributed by atoms with Crippen LogP contribution in [0.4, 0.5) is 30.7 Å². The van der Waals surface area contributed by atoms with Crippen LogP contribution in [0.1, 0.15) is 63.4 Å². The summed E-state index contributed by atoms with van der Waals surface area (Å²) in [5.41, 5.74) is -1.77. The lowest BCUT2D eigenvalue weighted by Crippen LogP contribution is -2.49. The van der Waals surface area contributed by atoms with Gasteiger partial charge in [-0.3, -0.25) is 9.59 Å². The summed E-state index contributed by atoms with van der Waals surface area (Å²) in [7, 11) is 0. The number of piperidine rings is 1. The van der Waals surface area contributed by atoms with Crippen LogP contribution in [0, 0.1) is 18.7 Å². The van der Waals surface area contributed by atoms with E-state index in [1.807, 2.05) is 0 Å². The van der Waals surface area contributed by atoms with Crippen molar-refractivity contribution in [1.82, 2.24) is 19.8 Å². The number of rotatable bonds is 6. The highest BCUT2D eigenvalue weighted by molar-refractivity contribution is 5.94. The molecular formula is C30H27F7N4O2. The molecule has 0 radical (unpaired) electrons. The van der Waals surface area contributed by atoms with Crippen LogP contribution in [-0.2, 0) is 23.7 Å². The van der Waals surface area contributed by atoms with Crippen LogP contribution in [0.15, 0.2) is 55.1 Å². The van der Waals surface area contributed by atoms with E-state index >= 15 is 0 Å². The molecule has 1 aliphatic carbocycles. The van der Waals surface area contributed by atoms with Gasteiger partial charge in [-0.15, -0.1) is 0 Å². The quantitative estimate of drug-likeness (QED) is 0.304. The summed E-state index contributed by atoms with van der Waals surface area (Å²) in [4.78, 5) is 38.0. The smallest absolute Gasteiger partial charge is 0.338 e. The number of halogens is 7. The van der Waals surface area contributed by atoms with Crippen LogP contribution in [0.25, 0.3) is 0 Å². The van der Waals surface area contributed by atoms with E-state index in [-0.39, 0.29) is 48.7 Å². The SMILES string of the molecule is Cc1cc(F)ccc1C1CN(C(=O)c2cncnc2)CCC1C(=O)N(Cc1cc(C(F)(F)F)cc(C(F)(F)F)c1)C1CC1. The maximum Gasteiger partial charge on any atom is 0.416 e. The Hall–Kier alpha value is -4.03. The number of nitrogens with zero attached hydrogens (tertiary/aromatic N) is 4. The zero-order chi connectivity index (χ0) is 31.1. The molecule has 2 aliphatic rings. The van der Waals surface area contributed by atoms with Gasteiger partial charge in [0.1, 0.15) is 12.1 Å². The van der Waals surface area contributed by atoms with Gasteiger partial charge in [0.25, 0.3) is 5.91 Å². The van der Waals surface area contributed by atoms with Crippen molar-refractivity contribution in [3.8, 4) is 0 Å². The van der Waals surface area contributed by atoms with Crippen LogP contribution in [0.2, 0.25) is 0 Å². The van der Waals surface area contributed by atoms with Crippen LogP contribution >= 0.6 is 0 Å². The van der Waals surface area contributed by atoms with E-state index in [1.165, 1.54) is 35.8 Å². The van der Waals surface area contributed by atoms with Crippen molar-refractivity contribution in [1.29, 1.82) is 0 Å². The number of carbonyl (C=O) groups is 2. The van der Waals surface area contributed by atoms with E-state index in [0.717, 1.165) is 0 Å². The molecule has 3 aromatic rings. The highest BCUT2D eigenvalue weighted by Gasteiger charge is 2.44. The van der Waals surface area contributed by atoms with Gasteiger partial charge in [-0.2, -0.15) is 26.3 Å². The van der Waals surface area contributed by atoms with E-state index in [9.17, 15) is 40.3 Å². The average molecular weight is 609 g/mol. The van der Waals surface area contributed by atoms with E-state index < -0.39 is 53.6 Å². The number of amides is 2. The molecule has 0 N–H and O–H groups in total. The molecular weight excluding hydrogens is 581 g/mol. The third-order valence-electron chi connectivity index (χ3n) is 7.93. The molecule has 0 spiro atoms. The van der Waals surface area contributed by atoms with Crippen LogP contribution < -0.4 is 0 Å². The Morgan fingerprint density at radius 3 is 2.12 bits per heavy atom. The van der Waals surface area contributed by atoms with Crippen molar-refractivity contribution in [2.75, 3.05) is 13.1 Å². The van der Waals surface area contributed by atoms with Crippen LogP contribution in [0.3, 0.4) is 0 Å². The second-order valence-corrected chi connectivity index (χ2v) is 11.0. The molecule has 43 heavy (non-hydrogen) atoms. The summed E-state index contributed by atoms with van der Waals surface area (Å²) in [5, 5.41) is 0. The predicted octanol–water partition coefficient (Wildman–Crippen LogP) is 6.40. The Labute approximate surface area is 242 Å². The molecule has 2 heterocycles. The van der Waals surface area contributed by atoms with Crippen LogP contribution in [0.5, 0.6) is 0 Å². The average Bonchev–Trinajstić information content (AvgIpc) is 3.80. The second kappa shape index (κ2) is 11.6. The lowest BCUT2D eigenvalue weighted by Gasteiger charge is -2.41. The summed E-state index contributed by atoms with van der Waals surface area (Å²) < 4.78 is 95.1. The summed E-state index contributed by atoms with van der Waals surface area (Å²) >= 11 is 0. The normalized spacial score (nSPS) is 19.3. The van der Waals surface area contributed by atoms with E-state index in [2.05, 4.69) is 9.97 Å². The number of aryl methyl sites for hydroxylation is 1. The van der Waals surface area contributed by atoms with Crippen molar-refractivity contribution in [3.63, 3.8) is 0 Å². The lowest BCUT2D eigenvalue weighted by atomic mass is 9.78. The molecule has 1 saturated carbocycles. The summed E-state index contributed by atoms with van der Waals surface area (Å²) in [6, 6.07) is 5.10. The lowest BCUT2D eigenvalue weighted by molar-refractivity contribution is -0.143. The highest BCUT2D eigenvalue weighted by Crippen LogP contribution is 2.41. The number of carbonyl (C=O) groups excluding carboxylic acids is 2. The first-order valence-electron chi connectivity index (χ1n) is 13.6. The van der Waals surface area contributed by atoms with Gasteiger partial charge >= 0.3 is 12.4 Å². The molecule has 5 rings (SSSR count). The fourth-order valence-electron chi connectivity index (χ4n) is 5.69. The third kappa shape index (κ3) is 6.80. The number of benzene rings is 2. The monoisotopic (exact) mass is 608 g/mol. The van der Waals surface area contributed by atoms with Crippen molar-refractivity contribution in [2.45, 2.75) is 57.0 Å². The zero-order valence-corrected chi connectivity index (χ0v) is 22.9. The molecule has 1 aliphatic heterocycles. The number of alkyl halides is 6. The Bertz CT molecular complexity index is 1470. The first kappa shape index (κ1) is 30.4. The van der Waals surface area contributed by atoms with E-state index in [4.69, 9.17) is 0 Å². The number of hydrogen-bond donors (Lipinski definition) is 0. The van der Waals surface area contributed by atoms with Gasteiger partial charge in [0.05, 0.1) is 16.7 Å². The van der Waals surface area contributed by atoms with Gasteiger partial charge < -0.3 is 9.80 Å². The molecule has 0 bridgehead atoms. The fourth-order valence-corrected chi connectivity index (χ4v) is 5.69. The molecule has 2 fully saturated rings. The van der Waals surface area contributed by atoms with E-state index in [0.29, 0.717) is 36.1 Å². The predicted molar refractivity (Wildman–Crippen MR) is 140 cm³/mol. The Balaban J connectivity index is 1.48. The van der Waals surface area contributed by atoms with Gasteiger partial charge in [0.15, 0.2) is 0 Å². The van der Waals surface area contributed by atoms with Gasteiger partial charge in [0.2, 0.25) is 5.91 Å². The van der Waals surface area contributed by atoms with Crippen molar-refractivity contribution in [3.05, 3.63) is 94.3 Å². The fraction of sp³-hybridized carbons (Fsp3) is 0.400. The molecule has 1 aromatic heterocycles.